The van der Waals surface area contributed by atoms with Gasteiger partial charge in [-0.2, -0.15) is 0 Å². The van der Waals surface area contributed by atoms with Gasteiger partial charge in [-0.1, -0.05) is 55.5 Å². The summed E-state index contributed by atoms with van der Waals surface area (Å²) in [6, 6.07) is 14.0. The molecule has 5 heteroatoms. The lowest BCUT2D eigenvalue weighted by Gasteiger charge is -2.50. The summed E-state index contributed by atoms with van der Waals surface area (Å²) in [5.41, 5.74) is 1.58. The van der Waals surface area contributed by atoms with E-state index in [1.807, 2.05) is 37.4 Å². The summed E-state index contributed by atoms with van der Waals surface area (Å²) in [6.45, 7) is 7.99. The van der Waals surface area contributed by atoms with Crippen molar-refractivity contribution in [1.82, 2.24) is 4.90 Å². The van der Waals surface area contributed by atoms with E-state index < -0.39 is 6.10 Å². The fourth-order valence-electron chi connectivity index (χ4n) is 6.80. The van der Waals surface area contributed by atoms with Crippen molar-refractivity contribution in [1.29, 1.82) is 0 Å². The fourth-order valence-corrected chi connectivity index (χ4v) is 6.80. The van der Waals surface area contributed by atoms with E-state index in [0.29, 0.717) is 19.0 Å². The number of allylic oxidation sites excluding steroid dienone is 1. The second-order valence-electron chi connectivity index (χ2n) is 11.1. The van der Waals surface area contributed by atoms with Crippen LogP contribution >= 0.6 is 0 Å². The first-order chi connectivity index (χ1) is 16.3. The second-order valence-corrected chi connectivity index (χ2v) is 11.1. The lowest BCUT2D eigenvalue weighted by Crippen LogP contribution is -2.46. The highest BCUT2D eigenvalue weighted by Gasteiger charge is 2.55. The minimum absolute atomic E-state index is 0.0256. The van der Waals surface area contributed by atoms with Crippen LogP contribution in [0.1, 0.15) is 39.0 Å². The number of esters is 1. The lowest BCUT2D eigenvalue weighted by atomic mass is 9.55. The lowest BCUT2D eigenvalue weighted by molar-refractivity contribution is -0.146. The van der Waals surface area contributed by atoms with Gasteiger partial charge in [0, 0.05) is 24.4 Å². The Bertz CT molecular complexity index is 1060. The topological polar surface area (TPSA) is 59.0 Å². The average molecular weight is 464 g/mol. The molecule has 6 atom stereocenters. The van der Waals surface area contributed by atoms with Crippen molar-refractivity contribution in [3.8, 4) is 5.75 Å². The number of rotatable bonds is 7. The molecule has 0 amide bonds. The van der Waals surface area contributed by atoms with Crippen molar-refractivity contribution in [3.05, 3.63) is 54.6 Å². The van der Waals surface area contributed by atoms with Gasteiger partial charge in [-0.05, 0) is 61.9 Å². The molecule has 34 heavy (non-hydrogen) atoms. The zero-order valence-electron chi connectivity index (χ0n) is 20.4. The van der Waals surface area contributed by atoms with Gasteiger partial charge in [0.1, 0.15) is 24.6 Å². The van der Waals surface area contributed by atoms with Gasteiger partial charge in [0.15, 0.2) is 0 Å². The van der Waals surface area contributed by atoms with E-state index in [-0.39, 0.29) is 35.9 Å². The molecule has 1 aliphatic heterocycles. The summed E-state index contributed by atoms with van der Waals surface area (Å²) in [5.74, 6) is 1.30. The molecule has 2 aromatic carbocycles. The second kappa shape index (κ2) is 9.35. The predicted octanol–water partition coefficient (Wildman–Crippen LogP) is 4.83. The average Bonchev–Trinajstić information content (AvgIpc) is 3.09. The molecule has 3 aliphatic rings. The molecule has 5 rings (SSSR count). The van der Waals surface area contributed by atoms with E-state index in [1.54, 1.807) is 0 Å². The number of likely N-dealkylation sites (N-methyl/N-ethyl adjacent to an activating group) is 1. The number of carbonyl (C=O) groups excluding carboxylic acids is 1. The molecule has 1 heterocycles. The smallest absolute Gasteiger partial charge is 0.310 e. The molecule has 0 aromatic heterocycles. The SMILES string of the molecule is C=C1CCC[C@]2(C)C[C@H]3OC(=O)[C@H](CN(C)C[C@H](O)COc4cccc5ccccc45)[C@@H]3C[C@H]12. The Hall–Kier alpha value is -2.37. The Morgan fingerprint density at radius 2 is 2.06 bits per heavy atom. The van der Waals surface area contributed by atoms with E-state index in [4.69, 9.17) is 9.47 Å². The summed E-state index contributed by atoms with van der Waals surface area (Å²) in [5, 5.41) is 12.8. The normalized spacial score (nSPS) is 31.8. The van der Waals surface area contributed by atoms with Crippen LogP contribution in [0, 0.1) is 23.2 Å². The minimum Gasteiger partial charge on any atom is -0.490 e. The van der Waals surface area contributed by atoms with Crippen LogP contribution < -0.4 is 4.74 Å². The zero-order chi connectivity index (χ0) is 23.9. The van der Waals surface area contributed by atoms with Gasteiger partial charge in [0.05, 0.1) is 5.92 Å². The Balaban J connectivity index is 1.17. The standard InChI is InChI=1S/C29H37NO4/c1-19-8-7-13-29(2)15-27-23(14-25(19)29)24(28(32)34-27)17-30(3)16-21(31)18-33-26-12-6-10-20-9-4-5-11-22(20)26/h4-6,9-12,21,23-25,27,31H,1,7-8,13-18H2,2-3H3/t21-,23-,24+,25+,27+,29+/m0/s1. The first-order valence-corrected chi connectivity index (χ1v) is 12.7. The van der Waals surface area contributed by atoms with Crippen LogP contribution in [0.3, 0.4) is 0 Å². The number of aliphatic hydroxyl groups excluding tert-OH is 1. The third-order valence-corrected chi connectivity index (χ3v) is 8.53. The fraction of sp³-hybridized carbons (Fsp3) is 0.552. The van der Waals surface area contributed by atoms with Crippen LogP contribution in [0.5, 0.6) is 5.75 Å². The molecule has 1 N–H and O–H groups in total. The highest BCUT2D eigenvalue weighted by molar-refractivity contribution is 5.88. The van der Waals surface area contributed by atoms with Gasteiger partial charge in [-0.15, -0.1) is 0 Å². The summed E-state index contributed by atoms with van der Waals surface area (Å²) < 4.78 is 11.9. The Kier molecular flexibility index (Phi) is 6.43. The minimum atomic E-state index is -0.648. The maximum Gasteiger partial charge on any atom is 0.310 e. The summed E-state index contributed by atoms with van der Waals surface area (Å²) in [7, 11) is 1.97. The van der Waals surface area contributed by atoms with Crippen LogP contribution in [0.25, 0.3) is 10.8 Å². The summed E-state index contributed by atoms with van der Waals surface area (Å²) in [4.78, 5) is 14.9. The van der Waals surface area contributed by atoms with Crippen molar-refractivity contribution in [2.45, 2.75) is 51.2 Å². The molecule has 0 unspecified atom stereocenters. The molecule has 0 bridgehead atoms. The van der Waals surface area contributed by atoms with Crippen LogP contribution in [0.2, 0.25) is 0 Å². The molecular weight excluding hydrogens is 426 g/mol. The maximum absolute atomic E-state index is 12.8. The van der Waals surface area contributed by atoms with E-state index in [9.17, 15) is 9.90 Å². The van der Waals surface area contributed by atoms with Crippen molar-refractivity contribution in [2.24, 2.45) is 23.2 Å². The van der Waals surface area contributed by atoms with Gasteiger partial charge in [0.2, 0.25) is 0 Å². The molecule has 3 fully saturated rings. The number of fused-ring (bicyclic) bond motifs is 3. The number of ether oxygens (including phenoxy) is 2. The first kappa shape index (κ1) is 23.4. The van der Waals surface area contributed by atoms with Crippen LogP contribution in [0.15, 0.2) is 54.6 Å². The first-order valence-electron chi connectivity index (χ1n) is 12.7. The third kappa shape index (κ3) is 4.48. The number of carbonyl (C=O) groups is 1. The van der Waals surface area contributed by atoms with Gasteiger partial charge < -0.3 is 19.5 Å². The molecule has 0 spiro atoms. The molecule has 0 radical (unpaired) electrons. The number of hydrogen-bond acceptors (Lipinski definition) is 5. The van der Waals surface area contributed by atoms with Crippen molar-refractivity contribution >= 4 is 16.7 Å². The Morgan fingerprint density at radius 1 is 1.26 bits per heavy atom. The van der Waals surface area contributed by atoms with E-state index >= 15 is 0 Å². The van der Waals surface area contributed by atoms with E-state index in [0.717, 1.165) is 35.8 Å². The van der Waals surface area contributed by atoms with E-state index in [1.165, 1.54) is 18.4 Å². The van der Waals surface area contributed by atoms with E-state index in [2.05, 4.69) is 30.5 Å². The number of nitrogens with zero attached hydrogens (tertiary/aromatic N) is 1. The monoisotopic (exact) mass is 463 g/mol. The van der Waals surface area contributed by atoms with Gasteiger partial charge >= 0.3 is 5.97 Å². The molecule has 2 aromatic rings. The largest absolute Gasteiger partial charge is 0.490 e. The maximum atomic E-state index is 12.8. The van der Waals surface area contributed by atoms with Gasteiger partial charge in [0.25, 0.3) is 0 Å². The highest BCUT2D eigenvalue weighted by Crippen LogP contribution is 2.56. The van der Waals surface area contributed by atoms with Crippen LogP contribution in [-0.4, -0.2) is 54.9 Å². The number of benzene rings is 2. The Labute approximate surface area is 202 Å². The molecule has 1 saturated heterocycles. The number of hydrogen-bond donors (Lipinski definition) is 1. The quantitative estimate of drug-likeness (QED) is 0.471. The summed E-state index contributed by atoms with van der Waals surface area (Å²) >= 11 is 0. The van der Waals surface area contributed by atoms with Gasteiger partial charge in [-0.25, -0.2) is 0 Å². The Morgan fingerprint density at radius 3 is 2.91 bits per heavy atom. The van der Waals surface area contributed by atoms with Crippen LogP contribution in [0.4, 0.5) is 0 Å². The molecule has 2 saturated carbocycles. The zero-order valence-corrected chi connectivity index (χ0v) is 20.4. The molecule has 5 nitrogen and oxygen atoms in total. The third-order valence-electron chi connectivity index (χ3n) is 8.53. The molecule has 182 valence electrons. The van der Waals surface area contributed by atoms with Crippen molar-refractivity contribution in [3.63, 3.8) is 0 Å². The molecule has 2 aliphatic carbocycles. The van der Waals surface area contributed by atoms with Crippen molar-refractivity contribution < 1.29 is 19.4 Å². The van der Waals surface area contributed by atoms with Crippen LogP contribution in [-0.2, 0) is 9.53 Å². The van der Waals surface area contributed by atoms with Gasteiger partial charge in [-0.3, -0.25) is 4.79 Å². The highest BCUT2D eigenvalue weighted by atomic mass is 16.6. The number of aliphatic hydroxyl groups is 1. The summed E-state index contributed by atoms with van der Waals surface area (Å²) in [6.07, 6.45) is 4.83. The predicted molar refractivity (Wildman–Crippen MR) is 134 cm³/mol. The van der Waals surface area contributed by atoms with Crippen molar-refractivity contribution in [2.75, 3.05) is 26.7 Å². The molecular formula is C29H37NO4.